The fraction of sp³-hybridized carbons (Fsp3) is 0.417. The molecule has 1 nitrogen and oxygen atoms in total. The van der Waals surface area contributed by atoms with Crippen LogP contribution in [0.4, 0.5) is 0 Å². The number of aldehydes is 1. The minimum Gasteiger partial charge on any atom is -0.303 e. The number of carbonyl (C=O) groups excluding carboxylic acids is 1. The molecule has 1 aromatic carbocycles. The van der Waals surface area contributed by atoms with Crippen LogP contribution in [0.3, 0.4) is 0 Å². The molecule has 1 rings (SSSR count). The van der Waals surface area contributed by atoms with Crippen LogP contribution in [0, 0.1) is 5.92 Å². The second-order valence-corrected chi connectivity index (χ2v) is 4.42. The second kappa shape index (κ2) is 6.66. The monoisotopic (exact) mass is 208 g/mol. The smallest absolute Gasteiger partial charge is 0.123 e. The molecular weight excluding hydrogens is 192 g/mol. The van der Waals surface area contributed by atoms with Crippen LogP contribution in [0.5, 0.6) is 0 Å². The lowest BCUT2D eigenvalue weighted by Crippen LogP contribution is -2.01. The van der Waals surface area contributed by atoms with Gasteiger partial charge in [0.15, 0.2) is 0 Å². The normalized spacial score (nSPS) is 12.4. The molecule has 0 aliphatic carbocycles. The summed E-state index contributed by atoms with van der Waals surface area (Å²) in [4.78, 5) is 11.9. The number of carbonyl (C=O) groups is 1. The Morgan fingerprint density at radius 2 is 2.07 bits per heavy atom. The van der Waals surface area contributed by atoms with Gasteiger partial charge in [-0.25, -0.2) is 0 Å². The molecule has 0 radical (unpaired) electrons. The fourth-order valence-electron chi connectivity index (χ4n) is 1.21. The minimum atomic E-state index is 0.242. The van der Waals surface area contributed by atoms with Gasteiger partial charge in [-0.3, -0.25) is 0 Å². The Balaban J connectivity index is 2.25. The Kier molecular flexibility index (Phi) is 5.38. The molecule has 0 saturated heterocycles. The van der Waals surface area contributed by atoms with E-state index in [0.717, 1.165) is 24.9 Å². The summed E-state index contributed by atoms with van der Waals surface area (Å²) in [6.45, 7) is 2.06. The van der Waals surface area contributed by atoms with Gasteiger partial charge in [0.1, 0.15) is 6.29 Å². The van der Waals surface area contributed by atoms with Crippen molar-refractivity contribution >= 4 is 18.0 Å². The van der Waals surface area contributed by atoms with Crippen molar-refractivity contribution in [3.63, 3.8) is 0 Å². The van der Waals surface area contributed by atoms with E-state index < -0.39 is 0 Å². The number of benzene rings is 1. The minimum absolute atomic E-state index is 0.242. The predicted molar refractivity (Wildman–Crippen MR) is 61.6 cm³/mol. The van der Waals surface area contributed by atoms with E-state index in [-0.39, 0.29) is 5.92 Å². The van der Waals surface area contributed by atoms with Crippen LogP contribution >= 0.6 is 11.8 Å². The predicted octanol–water partition coefficient (Wildman–Crippen LogP) is 3.39. The molecule has 0 aliphatic rings. The summed E-state index contributed by atoms with van der Waals surface area (Å²) in [7, 11) is 0. The Labute approximate surface area is 89.9 Å². The van der Waals surface area contributed by atoms with Gasteiger partial charge in [0, 0.05) is 10.8 Å². The number of hydrogen-bond donors (Lipinski definition) is 0. The van der Waals surface area contributed by atoms with Gasteiger partial charge in [-0.1, -0.05) is 25.1 Å². The van der Waals surface area contributed by atoms with E-state index in [1.54, 1.807) is 0 Å². The first-order valence-electron chi connectivity index (χ1n) is 5.00. The zero-order valence-electron chi connectivity index (χ0n) is 8.48. The van der Waals surface area contributed by atoms with E-state index in [1.807, 2.05) is 30.0 Å². The molecule has 2 heteroatoms. The van der Waals surface area contributed by atoms with Gasteiger partial charge in [-0.15, -0.1) is 11.8 Å². The van der Waals surface area contributed by atoms with E-state index in [2.05, 4.69) is 19.1 Å². The van der Waals surface area contributed by atoms with Crippen LogP contribution in [0.25, 0.3) is 0 Å². The van der Waals surface area contributed by atoms with Crippen LogP contribution in [-0.2, 0) is 4.79 Å². The molecule has 0 amide bonds. The molecule has 1 unspecified atom stereocenters. The average molecular weight is 208 g/mol. The van der Waals surface area contributed by atoms with Crippen LogP contribution < -0.4 is 0 Å². The Hall–Kier alpha value is -0.760. The van der Waals surface area contributed by atoms with Gasteiger partial charge in [0.05, 0.1) is 0 Å². The molecule has 1 atom stereocenters. The molecule has 0 N–H and O–H groups in total. The Morgan fingerprint density at radius 1 is 1.36 bits per heavy atom. The molecule has 0 spiro atoms. The first-order chi connectivity index (χ1) is 6.86. The van der Waals surface area contributed by atoms with Gasteiger partial charge in [0.25, 0.3) is 0 Å². The zero-order chi connectivity index (χ0) is 10.2. The quantitative estimate of drug-likeness (QED) is 0.526. The maximum absolute atomic E-state index is 10.6. The van der Waals surface area contributed by atoms with Gasteiger partial charge >= 0.3 is 0 Å². The third-order valence-corrected chi connectivity index (χ3v) is 3.26. The van der Waals surface area contributed by atoms with Gasteiger partial charge in [0.2, 0.25) is 0 Å². The van der Waals surface area contributed by atoms with Crippen LogP contribution in [0.2, 0.25) is 0 Å². The summed E-state index contributed by atoms with van der Waals surface area (Å²) in [5, 5.41) is 0. The number of thioether (sulfide) groups is 1. The lowest BCUT2D eigenvalue weighted by atomic mass is 10.1. The maximum atomic E-state index is 10.6. The summed E-state index contributed by atoms with van der Waals surface area (Å²) in [5.74, 6) is 1.27. The van der Waals surface area contributed by atoms with Crippen molar-refractivity contribution in [3.8, 4) is 0 Å². The highest BCUT2D eigenvalue weighted by molar-refractivity contribution is 7.99. The lowest BCUT2D eigenvalue weighted by Gasteiger charge is -2.06. The summed E-state index contributed by atoms with van der Waals surface area (Å²) in [6.07, 6.45) is 3.02. The molecule has 76 valence electrons. The molecule has 0 saturated carbocycles. The van der Waals surface area contributed by atoms with Gasteiger partial charge in [-0.05, 0) is 30.7 Å². The molecule has 0 fully saturated rings. The molecule has 1 aromatic rings. The SMILES string of the molecule is CCC(C=O)CCSc1ccccc1. The highest BCUT2D eigenvalue weighted by Gasteiger charge is 2.03. The van der Waals surface area contributed by atoms with Crippen LogP contribution in [-0.4, -0.2) is 12.0 Å². The standard InChI is InChI=1S/C12H16OS/c1-2-11(10-13)8-9-14-12-6-4-3-5-7-12/h3-7,10-11H,2,8-9H2,1H3. The van der Waals surface area contributed by atoms with Crippen molar-refractivity contribution in [3.05, 3.63) is 30.3 Å². The summed E-state index contributed by atoms with van der Waals surface area (Å²) in [6, 6.07) is 10.3. The molecule has 0 aliphatic heterocycles. The molecule has 0 aromatic heterocycles. The van der Waals surface area contributed by atoms with E-state index in [9.17, 15) is 4.79 Å². The van der Waals surface area contributed by atoms with Gasteiger partial charge in [-0.2, -0.15) is 0 Å². The molecule has 14 heavy (non-hydrogen) atoms. The molecule has 0 heterocycles. The highest BCUT2D eigenvalue weighted by atomic mass is 32.2. The van der Waals surface area contributed by atoms with Crippen molar-refractivity contribution in [2.75, 3.05) is 5.75 Å². The molecule has 0 bridgehead atoms. The van der Waals surface area contributed by atoms with Crippen molar-refractivity contribution < 1.29 is 4.79 Å². The lowest BCUT2D eigenvalue weighted by molar-refractivity contribution is -0.111. The second-order valence-electron chi connectivity index (χ2n) is 3.25. The van der Waals surface area contributed by atoms with Gasteiger partial charge < -0.3 is 4.79 Å². The Morgan fingerprint density at radius 3 is 2.64 bits per heavy atom. The first-order valence-corrected chi connectivity index (χ1v) is 5.98. The van der Waals surface area contributed by atoms with Crippen molar-refractivity contribution in [1.82, 2.24) is 0 Å². The first kappa shape index (κ1) is 11.3. The highest BCUT2D eigenvalue weighted by Crippen LogP contribution is 2.20. The largest absolute Gasteiger partial charge is 0.303 e. The van der Waals surface area contributed by atoms with E-state index in [0.29, 0.717) is 0 Å². The molecular formula is C12H16OS. The Bertz CT molecular complexity index is 258. The van der Waals surface area contributed by atoms with E-state index in [4.69, 9.17) is 0 Å². The van der Waals surface area contributed by atoms with Crippen molar-refractivity contribution in [2.45, 2.75) is 24.7 Å². The zero-order valence-corrected chi connectivity index (χ0v) is 9.30. The third kappa shape index (κ3) is 3.97. The topological polar surface area (TPSA) is 17.1 Å². The van der Waals surface area contributed by atoms with Crippen molar-refractivity contribution in [1.29, 1.82) is 0 Å². The summed E-state index contributed by atoms with van der Waals surface area (Å²) >= 11 is 1.82. The number of rotatable bonds is 6. The fourth-order valence-corrected chi connectivity index (χ4v) is 2.22. The van der Waals surface area contributed by atoms with Crippen LogP contribution in [0.1, 0.15) is 19.8 Å². The summed E-state index contributed by atoms with van der Waals surface area (Å²) in [5.41, 5.74) is 0. The maximum Gasteiger partial charge on any atom is 0.123 e. The third-order valence-electron chi connectivity index (χ3n) is 2.22. The van der Waals surface area contributed by atoms with E-state index in [1.165, 1.54) is 4.90 Å². The average Bonchev–Trinajstić information content (AvgIpc) is 2.26. The number of hydrogen-bond acceptors (Lipinski definition) is 2. The van der Waals surface area contributed by atoms with Crippen molar-refractivity contribution in [2.24, 2.45) is 5.92 Å². The van der Waals surface area contributed by atoms with E-state index >= 15 is 0 Å². The summed E-state index contributed by atoms with van der Waals surface area (Å²) < 4.78 is 0. The van der Waals surface area contributed by atoms with Crippen LogP contribution in [0.15, 0.2) is 35.2 Å².